The summed E-state index contributed by atoms with van der Waals surface area (Å²) < 4.78 is 13.2. The van der Waals surface area contributed by atoms with Crippen LogP contribution in [-0.4, -0.2) is 9.97 Å². The van der Waals surface area contributed by atoms with Gasteiger partial charge in [0.2, 0.25) is 0 Å². The lowest BCUT2D eigenvalue weighted by Crippen LogP contribution is -1.98. The van der Waals surface area contributed by atoms with Crippen molar-refractivity contribution in [2.45, 2.75) is 13.8 Å². The van der Waals surface area contributed by atoms with Crippen molar-refractivity contribution in [2.75, 3.05) is 5.73 Å². The first-order valence-corrected chi connectivity index (χ1v) is 6.35. The van der Waals surface area contributed by atoms with Crippen LogP contribution >= 0.6 is 0 Å². The molecule has 1 aromatic heterocycles. The van der Waals surface area contributed by atoms with Crippen molar-refractivity contribution >= 4 is 16.7 Å². The molecule has 1 heterocycles. The molecule has 0 aliphatic rings. The van der Waals surface area contributed by atoms with Gasteiger partial charge in [0, 0.05) is 10.9 Å². The number of hydrogen-bond acceptors (Lipinski definition) is 3. The van der Waals surface area contributed by atoms with Crippen LogP contribution in [0.1, 0.15) is 11.1 Å². The molecule has 0 saturated heterocycles. The normalized spacial score (nSPS) is 10.9. The van der Waals surface area contributed by atoms with Gasteiger partial charge in [-0.2, -0.15) is 0 Å². The molecule has 3 nitrogen and oxygen atoms in total. The van der Waals surface area contributed by atoms with Gasteiger partial charge in [0.1, 0.15) is 11.6 Å². The van der Waals surface area contributed by atoms with Gasteiger partial charge in [-0.05, 0) is 49.2 Å². The molecule has 0 unspecified atom stereocenters. The van der Waals surface area contributed by atoms with Gasteiger partial charge in [-0.15, -0.1) is 0 Å². The third-order valence-electron chi connectivity index (χ3n) is 3.45. The predicted molar refractivity (Wildman–Crippen MR) is 78.8 cm³/mol. The molecule has 0 saturated carbocycles. The van der Waals surface area contributed by atoms with E-state index in [4.69, 9.17) is 5.73 Å². The Labute approximate surface area is 116 Å². The van der Waals surface area contributed by atoms with E-state index in [1.165, 1.54) is 23.3 Å². The van der Waals surface area contributed by atoms with Gasteiger partial charge in [-0.1, -0.05) is 12.1 Å². The van der Waals surface area contributed by atoms with E-state index >= 15 is 0 Å². The van der Waals surface area contributed by atoms with Crippen LogP contribution in [0.3, 0.4) is 0 Å². The second-order valence-electron chi connectivity index (χ2n) is 4.89. The number of hydrogen-bond donors (Lipinski definition) is 1. The van der Waals surface area contributed by atoms with E-state index < -0.39 is 0 Å². The largest absolute Gasteiger partial charge is 0.383 e. The molecule has 3 rings (SSSR count). The smallest absolute Gasteiger partial charge is 0.162 e. The van der Waals surface area contributed by atoms with Crippen molar-refractivity contribution in [3.8, 4) is 11.4 Å². The molecule has 100 valence electrons. The van der Waals surface area contributed by atoms with Gasteiger partial charge >= 0.3 is 0 Å². The van der Waals surface area contributed by atoms with Crippen molar-refractivity contribution in [1.29, 1.82) is 0 Å². The summed E-state index contributed by atoms with van der Waals surface area (Å²) in [6, 6.07) is 10.4. The third-order valence-corrected chi connectivity index (χ3v) is 3.45. The van der Waals surface area contributed by atoms with E-state index in [1.54, 1.807) is 6.07 Å². The summed E-state index contributed by atoms with van der Waals surface area (Å²) >= 11 is 0. The van der Waals surface area contributed by atoms with E-state index in [9.17, 15) is 4.39 Å². The van der Waals surface area contributed by atoms with E-state index in [1.807, 2.05) is 25.1 Å². The molecule has 0 radical (unpaired) electrons. The Hall–Kier alpha value is -2.49. The van der Waals surface area contributed by atoms with Crippen LogP contribution in [0.2, 0.25) is 0 Å². The summed E-state index contributed by atoms with van der Waals surface area (Å²) in [5.74, 6) is 0.513. The number of nitrogens with zero attached hydrogens (tertiary/aromatic N) is 2. The van der Waals surface area contributed by atoms with Crippen LogP contribution in [-0.2, 0) is 0 Å². The average Bonchev–Trinajstić information content (AvgIpc) is 2.42. The molecule has 0 bridgehead atoms. The molecular formula is C16H14FN3. The Balaban J connectivity index is 2.21. The summed E-state index contributed by atoms with van der Waals surface area (Å²) in [7, 11) is 0. The highest BCUT2D eigenvalue weighted by Gasteiger charge is 2.09. The number of aromatic nitrogens is 2. The lowest BCUT2D eigenvalue weighted by atomic mass is 10.1. The lowest BCUT2D eigenvalue weighted by molar-refractivity contribution is 0.629. The Morgan fingerprint density at radius 2 is 1.75 bits per heavy atom. The van der Waals surface area contributed by atoms with Crippen LogP contribution in [0.5, 0.6) is 0 Å². The van der Waals surface area contributed by atoms with Gasteiger partial charge in [-0.3, -0.25) is 0 Å². The number of halogens is 1. The number of rotatable bonds is 1. The minimum absolute atomic E-state index is 0.294. The number of fused-ring (bicyclic) bond motifs is 1. The maximum Gasteiger partial charge on any atom is 0.162 e. The van der Waals surface area contributed by atoms with Crippen LogP contribution in [0.25, 0.3) is 22.3 Å². The van der Waals surface area contributed by atoms with Crippen molar-refractivity contribution in [3.63, 3.8) is 0 Å². The van der Waals surface area contributed by atoms with Gasteiger partial charge in [0.05, 0.1) is 5.52 Å². The highest BCUT2D eigenvalue weighted by molar-refractivity contribution is 5.89. The standard InChI is InChI=1S/C16H14FN3/c1-9-3-4-11(7-10(9)2)16-19-14-6-5-12(17)8-13(14)15(18)20-16/h3-8H,1-2H3,(H2,18,19,20). The Kier molecular flexibility index (Phi) is 2.86. The molecule has 0 spiro atoms. The maximum absolute atomic E-state index is 13.2. The summed E-state index contributed by atoms with van der Waals surface area (Å²) in [6.45, 7) is 4.09. The number of benzene rings is 2. The fraction of sp³-hybridized carbons (Fsp3) is 0.125. The molecule has 0 aliphatic carbocycles. The molecule has 4 heteroatoms. The van der Waals surface area contributed by atoms with Crippen molar-refractivity contribution in [1.82, 2.24) is 9.97 Å². The Morgan fingerprint density at radius 1 is 0.950 bits per heavy atom. The van der Waals surface area contributed by atoms with Gasteiger partial charge in [0.15, 0.2) is 5.82 Å². The second-order valence-corrected chi connectivity index (χ2v) is 4.89. The molecule has 2 aromatic carbocycles. The first-order chi connectivity index (χ1) is 9.54. The molecule has 0 amide bonds. The zero-order chi connectivity index (χ0) is 14.3. The molecule has 0 atom stereocenters. The highest BCUT2D eigenvalue weighted by atomic mass is 19.1. The summed E-state index contributed by atoms with van der Waals surface area (Å²) in [4.78, 5) is 8.74. The monoisotopic (exact) mass is 267 g/mol. The fourth-order valence-electron chi connectivity index (χ4n) is 2.13. The average molecular weight is 267 g/mol. The van der Waals surface area contributed by atoms with Gasteiger partial charge in [-0.25, -0.2) is 14.4 Å². The topological polar surface area (TPSA) is 51.8 Å². The molecule has 20 heavy (non-hydrogen) atoms. The van der Waals surface area contributed by atoms with Gasteiger partial charge < -0.3 is 5.73 Å². The molecule has 2 N–H and O–H groups in total. The van der Waals surface area contributed by atoms with E-state index in [0.29, 0.717) is 22.5 Å². The van der Waals surface area contributed by atoms with E-state index in [2.05, 4.69) is 16.9 Å². The summed E-state index contributed by atoms with van der Waals surface area (Å²) in [5.41, 5.74) is 9.85. The van der Waals surface area contributed by atoms with Crippen LogP contribution in [0.15, 0.2) is 36.4 Å². The number of nitrogen functional groups attached to an aromatic ring is 1. The fourth-order valence-corrected chi connectivity index (χ4v) is 2.13. The van der Waals surface area contributed by atoms with Crippen LogP contribution < -0.4 is 5.73 Å². The third kappa shape index (κ3) is 2.09. The first-order valence-electron chi connectivity index (χ1n) is 6.35. The zero-order valence-corrected chi connectivity index (χ0v) is 11.3. The highest BCUT2D eigenvalue weighted by Crippen LogP contribution is 2.25. The van der Waals surface area contributed by atoms with E-state index in [-0.39, 0.29) is 5.82 Å². The molecule has 3 aromatic rings. The van der Waals surface area contributed by atoms with Crippen LogP contribution in [0, 0.1) is 19.7 Å². The number of anilines is 1. The van der Waals surface area contributed by atoms with E-state index in [0.717, 1.165) is 5.56 Å². The second kappa shape index (κ2) is 4.56. The Morgan fingerprint density at radius 3 is 2.50 bits per heavy atom. The molecule has 0 aliphatic heterocycles. The van der Waals surface area contributed by atoms with Crippen molar-refractivity contribution in [2.24, 2.45) is 0 Å². The first kappa shape index (κ1) is 12.5. The molecular weight excluding hydrogens is 253 g/mol. The quantitative estimate of drug-likeness (QED) is 0.732. The number of nitrogens with two attached hydrogens (primary N) is 1. The lowest BCUT2D eigenvalue weighted by Gasteiger charge is -2.07. The van der Waals surface area contributed by atoms with Crippen molar-refractivity contribution in [3.05, 3.63) is 53.3 Å². The predicted octanol–water partition coefficient (Wildman–Crippen LogP) is 3.63. The van der Waals surface area contributed by atoms with Crippen LogP contribution in [0.4, 0.5) is 10.2 Å². The van der Waals surface area contributed by atoms with Gasteiger partial charge in [0.25, 0.3) is 0 Å². The summed E-state index contributed by atoms with van der Waals surface area (Å²) in [6.07, 6.45) is 0. The SMILES string of the molecule is Cc1ccc(-c2nc(N)c3cc(F)ccc3n2)cc1C. The minimum atomic E-state index is -0.341. The zero-order valence-electron chi connectivity index (χ0n) is 11.3. The Bertz CT molecular complexity index is 812. The number of aryl methyl sites for hydroxylation is 2. The minimum Gasteiger partial charge on any atom is -0.383 e. The maximum atomic E-state index is 13.2. The summed E-state index contributed by atoms with van der Waals surface area (Å²) in [5, 5.41) is 0.539. The van der Waals surface area contributed by atoms with Crippen molar-refractivity contribution < 1.29 is 4.39 Å². The molecule has 0 fully saturated rings.